The molecule has 2 N–H and O–H groups in total. The summed E-state index contributed by atoms with van der Waals surface area (Å²) in [5.41, 5.74) is 7.31. The molecule has 1 fully saturated rings. The first-order chi connectivity index (χ1) is 9.22. The van der Waals surface area contributed by atoms with Crippen LogP contribution in [0.1, 0.15) is 11.9 Å². The van der Waals surface area contributed by atoms with E-state index in [1.807, 2.05) is 12.3 Å². The molecule has 0 spiro atoms. The maximum atomic E-state index is 6.06. The number of thiazole rings is 1. The molecule has 100 valence electrons. The van der Waals surface area contributed by atoms with Crippen molar-refractivity contribution in [3.8, 4) is 10.4 Å². The van der Waals surface area contributed by atoms with E-state index in [2.05, 4.69) is 41.1 Å². The van der Waals surface area contributed by atoms with Crippen molar-refractivity contribution >= 4 is 11.3 Å². The maximum absolute atomic E-state index is 6.06. The summed E-state index contributed by atoms with van der Waals surface area (Å²) in [6.45, 7) is 5.22. The van der Waals surface area contributed by atoms with Gasteiger partial charge in [-0.2, -0.15) is 0 Å². The molecule has 0 radical (unpaired) electrons. The van der Waals surface area contributed by atoms with Gasteiger partial charge in [-0.15, -0.1) is 11.3 Å². The third-order valence-corrected chi connectivity index (χ3v) is 4.75. The number of hydrogen-bond acceptors (Lipinski definition) is 4. The highest BCUT2D eigenvalue weighted by Crippen LogP contribution is 2.27. The summed E-state index contributed by atoms with van der Waals surface area (Å²) in [7, 11) is 0. The van der Waals surface area contributed by atoms with Crippen molar-refractivity contribution in [1.82, 2.24) is 9.88 Å². The quantitative estimate of drug-likeness (QED) is 0.934. The number of nitrogens with two attached hydrogens (primary N) is 1. The van der Waals surface area contributed by atoms with Gasteiger partial charge < -0.3 is 5.73 Å². The molecule has 0 aliphatic carbocycles. The van der Waals surface area contributed by atoms with Crippen molar-refractivity contribution in [1.29, 1.82) is 0 Å². The van der Waals surface area contributed by atoms with Gasteiger partial charge in [0, 0.05) is 25.3 Å². The predicted octanol–water partition coefficient (Wildman–Crippen LogP) is 2.59. The number of benzene rings is 1. The van der Waals surface area contributed by atoms with Gasteiger partial charge in [0.15, 0.2) is 0 Å². The van der Waals surface area contributed by atoms with Crippen LogP contribution in [-0.4, -0.2) is 29.0 Å². The summed E-state index contributed by atoms with van der Waals surface area (Å²) < 4.78 is 0. The van der Waals surface area contributed by atoms with Gasteiger partial charge >= 0.3 is 0 Å². The zero-order valence-electron chi connectivity index (χ0n) is 11.1. The Morgan fingerprint density at radius 2 is 2.11 bits per heavy atom. The van der Waals surface area contributed by atoms with Gasteiger partial charge in [0.25, 0.3) is 0 Å². The lowest BCUT2D eigenvalue weighted by Gasteiger charge is -2.12. The van der Waals surface area contributed by atoms with E-state index in [9.17, 15) is 0 Å². The second-order valence-electron chi connectivity index (χ2n) is 5.32. The van der Waals surface area contributed by atoms with Crippen LogP contribution in [0.4, 0.5) is 0 Å². The van der Waals surface area contributed by atoms with E-state index in [4.69, 9.17) is 5.73 Å². The van der Waals surface area contributed by atoms with Gasteiger partial charge in [-0.1, -0.05) is 37.3 Å². The number of aromatic nitrogens is 1. The molecule has 1 saturated heterocycles. The van der Waals surface area contributed by atoms with Gasteiger partial charge in [-0.3, -0.25) is 4.90 Å². The Morgan fingerprint density at radius 3 is 2.79 bits per heavy atom. The molecule has 1 aromatic carbocycles. The van der Waals surface area contributed by atoms with Gasteiger partial charge in [-0.05, 0) is 11.5 Å². The monoisotopic (exact) mass is 273 g/mol. The molecule has 1 aromatic heterocycles. The highest BCUT2D eigenvalue weighted by molar-refractivity contribution is 7.15. The Hall–Kier alpha value is -1.23. The van der Waals surface area contributed by atoms with E-state index in [-0.39, 0.29) is 0 Å². The zero-order chi connectivity index (χ0) is 13.2. The zero-order valence-corrected chi connectivity index (χ0v) is 11.9. The minimum atomic E-state index is 0.313. The molecule has 4 heteroatoms. The summed E-state index contributed by atoms with van der Waals surface area (Å²) in [5.74, 6) is 0.591. The summed E-state index contributed by atoms with van der Waals surface area (Å²) in [5, 5.41) is 1.18. The van der Waals surface area contributed by atoms with Gasteiger partial charge in [0.1, 0.15) is 5.01 Å². The van der Waals surface area contributed by atoms with Gasteiger partial charge in [-0.25, -0.2) is 4.98 Å². The van der Waals surface area contributed by atoms with Crippen molar-refractivity contribution < 1.29 is 0 Å². The van der Waals surface area contributed by atoms with Crippen LogP contribution in [0.5, 0.6) is 0 Å². The van der Waals surface area contributed by atoms with Crippen LogP contribution in [0.15, 0.2) is 36.5 Å². The molecule has 0 bridgehead atoms. The smallest absolute Gasteiger partial charge is 0.107 e. The number of likely N-dealkylation sites (tertiary alicyclic amines) is 1. The largest absolute Gasteiger partial charge is 0.326 e. The number of rotatable bonds is 3. The second-order valence-corrected chi connectivity index (χ2v) is 6.43. The van der Waals surface area contributed by atoms with Gasteiger partial charge in [0.05, 0.1) is 11.4 Å². The van der Waals surface area contributed by atoms with E-state index in [0.717, 1.165) is 19.6 Å². The lowest BCUT2D eigenvalue weighted by atomic mass is 10.1. The standard InChI is InChI=1S/C15H19N3S/c1-11-8-18(9-13(11)16)10-15-17-7-14(19-15)12-5-3-2-4-6-12/h2-7,11,13H,8-10,16H2,1H3. The lowest BCUT2D eigenvalue weighted by Crippen LogP contribution is -2.28. The van der Waals surface area contributed by atoms with E-state index in [1.54, 1.807) is 11.3 Å². The molecule has 0 amide bonds. The first-order valence-corrected chi connectivity index (χ1v) is 7.52. The van der Waals surface area contributed by atoms with E-state index in [1.165, 1.54) is 15.4 Å². The normalized spacial score (nSPS) is 23.9. The van der Waals surface area contributed by atoms with E-state index < -0.39 is 0 Å². The highest BCUT2D eigenvalue weighted by atomic mass is 32.1. The molecule has 2 atom stereocenters. The van der Waals surface area contributed by atoms with Crippen LogP contribution < -0.4 is 5.73 Å². The minimum absolute atomic E-state index is 0.313. The Labute approximate surface area is 118 Å². The maximum Gasteiger partial charge on any atom is 0.107 e. The van der Waals surface area contributed by atoms with Crippen LogP contribution >= 0.6 is 11.3 Å². The molecule has 0 saturated carbocycles. The molecule has 2 aromatic rings. The molecule has 3 rings (SSSR count). The number of nitrogens with zero attached hydrogens (tertiary/aromatic N) is 2. The van der Waals surface area contributed by atoms with Crippen LogP contribution in [-0.2, 0) is 6.54 Å². The molecule has 19 heavy (non-hydrogen) atoms. The Bertz CT molecular complexity index is 527. The molecule has 3 nitrogen and oxygen atoms in total. The SMILES string of the molecule is CC1CN(Cc2ncc(-c3ccccc3)s2)CC1N. The fraction of sp³-hybridized carbons (Fsp3) is 0.400. The van der Waals surface area contributed by atoms with Gasteiger partial charge in [0.2, 0.25) is 0 Å². The third kappa shape index (κ3) is 2.86. The Morgan fingerprint density at radius 1 is 1.32 bits per heavy atom. The summed E-state index contributed by atoms with van der Waals surface area (Å²) in [6, 6.07) is 10.7. The van der Waals surface area contributed by atoms with E-state index in [0.29, 0.717) is 12.0 Å². The Kier molecular flexibility index (Phi) is 3.64. The second kappa shape index (κ2) is 5.41. The average molecular weight is 273 g/mol. The highest BCUT2D eigenvalue weighted by Gasteiger charge is 2.26. The van der Waals surface area contributed by atoms with Crippen molar-refractivity contribution in [2.45, 2.75) is 19.5 Å². The van der Waals surface area contributed by atoms with Crippen molar-refractivity contribution in [3.05, 3.63) is 41.5 Å². The summed E-state index contributed by atoms with van der Waals surface area (Å²) >= 11 is 1.78. The number of hydrogen-bond donors (Lipinski definition) is 1. The third-order valence-electron chi connectivity index (χ3n) is 3.72. The summed E-state index contributed by atoms with van der Waals surface area (Å²) in [4.78, 5) is 8.19. The summed E-state index contributed by atoms with van der Waals surface area (Å²) in [6.07, 6.45) is 1.98. The molecule has 2 unspecified atom stereocenters. The molecule has 1 aliphatic heterocycles. The first kappa shape index (κ1) is 12.8. The molecule has 1 aliphatic rings. The fourth-order valence-corrected chi connectivity index (χ4v) is 3.50. The van der Waals surface area contributed by atoms with Crippen LogP contribution in [0.25, 0.3) is 10.4 Å². The lowest BCUT2D eigenvalue weighted by molar-refractivity contribution is 0.318. The van der Waals surface area contributed by atoms with Crippen LogP contribution in [0.3, 0.4) is 0 Å². The molecular formula is C15H19N3S. The van der Waals surface area contributed by atoms with Crippen molar-refractivity contribution in [3.63, 3.8) is 0 Å². The fourth-order valence-electron chi connectivity index (χ4n) is 2.53. The Balaban J connectivity index is 1.69. The van der Waals surface area contributed by atoms with Crippen LogP contribution in [0.2, 0.25) is 0 Å². The molecule has 2 heterocycles. The topological polar surface area (TPSA) is 42.2 Å². The van der Waals surface area contributed by atoms with E-state index >= 15 is 0 Å². The van der Waals surface area contributed by atoms with Crippen LogP contribution in [0, 0.1) is 5.92 Å². The van der Waals surface area contributed by atoms with Crippen molar-refractivity contribution in [2.75, 3.05) is 13.1 Å². The van der Waals surface area contributed by atoms with Crippen molar-refractivity contribution in [2.24, 2.45) is 11.7 Å². The average Bonchev–Trinajstić information content (AvgIpc) is 2.99. The predicted molar refractivity (Wildman–Crippen MR) is 80.0 cm³/mol. The molecular weight excluding hydrogens is 254 g/mol. The first-order valence-electron chi connectivity index (χ1n) is 6.70. The minimum Gasteiger partial charge on any atom is -0.326 e.